The number of ether oxygens (including phenoxy) is 4. The first-order chi connectivity index (χ1) is 12.3. The summed E-state index contributed by atoms with van der Waals surface area (Å²) in [6.07, 6.45) is 0. The van der Waals surface area contributed by atoms with Gasteiger partial charge in [0.2, 0.25) is 5.78 Å². The average molecular weight is 358 g/mol. The monoisotopic (exact) mass is 358 g/mol. The van der Waals surface area contributed by atoms with E-state index in [1.54, 1.807) is 12.1 Å². The van der Waals surface area contributed by atoms with Crippen molar-refractivity contribution in [2.45, 2.75) is 13.8 Å². The van der Waals surface area contributed by atoms with Crippen LogP contribution in [0.5, 0.6) is 23.0 Å². The Balaban J connectivity index is 2.54. The minimum Gasteiger partial charge on any atom is -0.497 e. The lowest BCUT2D eigenvalue weighted by Crippen LogP contribution is -2.12. The molecule has 0 radical (unpaired) electrons. The molecule has 0 N–H and O–H groups in total. The minimum absolute atomic E-state index is 0.0476. The number of hydrogen-bond donors (Lipinski definition) is 0. The summed E-state index contributed by atoms with van der Waals surface area (Å²) in [5.41, 5.74) is 0.249. The lowest BCUT2D eigenvalue weighted by molar-refractivity contribution is -0.132. The van der Waals surface area contributed by atoms with Gasteiger partial charge in [0.25, 0.3) is 0 Å². The van der Waals surface area contributed by atoms with Gasteiger partial charge in [-0.2, -0.15) is 0 Å². The zero-order chi connectivity index (χ0) is 19.3. The van der Waals surface area contributed by atoms with E-state index in [-0.39, 0.29) is 22.6 Å². The molecule has 0 saturated carbocycles. The van der Waals surface area contributed by atoms with E-state index in [9.17, 15) is 14.4 Å². The lowest BCUT2D eigenvalue weighted by atomic mass is 10.0. The standard InChI is InChI=1S/C19H18O7/c1-11(20)25-17-9-13(23-3)5-7-15(17)19(22)16-8-6-14(24-4)10-18(16)26-12(2)21/h5-10H,1-4H3. The van der Waals surface area contributed by atoms with Crippen LogP contribution in [0.1, 0.15) is 29.8 Å². The molecular weight excluding hydrogens is 340 g/mol. The minimum atomic E-state index is -0.581. The molecule has 2 aromatic carbocycles. The largest absolute Gasteiger partial charge is 0.497 e. The highest BCUT2D eigenvalue weighted by Crippen LogP contribution is 2.32. The maximum atomic E-state index is 13.0. The maximum absolute atomic E-state index is 13.0. The Kier molecular flexibility index (Phi) is 5.95. The number of methoxy groups -OCH3 is 2. The molecule has 0 bridgehead atoms. The zero-order valence-corrected chi connectivity index (χ0v) is 14.8. The molecule has 0 saturated heterocycles. The number of rotatable bonds is 6. The molecule has 0 spiro atoms. The average Bonchev–Trinajstić information content (AvgIpc) is 2.60. The van der Waals surface area contributed by atoms with Gasteiger partial charge < -0.3 is 18.9 Å². The number of benzene rings is 2. The topological polar surface area (TPSA) is 88.1 Å². The van der Waals surface area contributed by atoms with Crippen molar-refractivity contribution in [3.05, 3.63) is 47.5 Å². The lowest BCUT2D eigenvalue weighted by Gasteiger charge is -2.13. The van der Waals surface area contributed by atoms with E-state index < -0.39 is 17.7 Å². The van der Waals surface area contributed by atoms with E-state index in [0.717, 1.165) is 0 Å². The summed E-state index contributed by atoms with van der Waals surface area (Å²) in [6.45, 7) is 2.46. The van der Waals surface area contributed by atoms with Crippen LogP contribution in [0.2, 0.25) is 0 Å². The Morgan fingerprint density at radius 1 is 0.692 bits per heavy atom. The zero-order valence-electron chi connectivity index (χ0n) is 14.8. The second-order valence-electron chi connectivity index (χ2n) is 5.24. The van der Waals surface area contributed by atoms with Crippen molar-refractivity contribution in [3.63, 3.8) is 0 Å². The molecule has 136 valence electrons. The maximum Gasteiger partial charge on any atom is 0.308 e. The quantitative estimate of drug-likeness (QED) is 0.446. The summed E-state index contributed by atoms with van der Waals surface area (Å²) < 4.78 is 20.4. The molecule has 0 heterocycles. The fourth-order valence-electron chi connectivity index (χ4n) is 2.26. The Hall–Kier alpha value is -3.35. The Morgan fingerprint density at radius 2 is 1.08 bits per heavy atom. The Bertz CT molecular complexity index is 785. The van der Waals surface area contributed by atoms with Crippen molar-refractivity contribution in [2.24, 2.45) is 0 Å². The Labute approximate surface area is 150 Å². The van der Waals surface area contributed by atoms with Crippen LogP contribution in [0.4, 0.5) is 0 Å². The molecule has 7 heteroatoms. The number of carbonyl (C=O) groups excluding carboxylic acids is 3. The third-order valence-electron chi connectivity index (χ3n) is 3.37. The predicted molar refractivity (Wildman–Crippen MR) is 92.0 cm³/mol. The first-order valence-corrected chi connectivity index (χ1v) is 7.63. The van der Waals surface area contributed by atoms with Gasteiger partial charge in [-0.25, -0.2) is 0 Å². The van der Waals surface area contributed by atoms with Gasteiger partial charge in [-0.1, -0.05) is 0 Å². The van der Waals surface area contributed by atoms with Gasteiger partial charge in [-0.3, -0.25) is 14.4 Å². The van der Waals surface area contributed by atoms with Gasteiger partial charge in [0.1, 0.15) is 23.0 Å². The third-order valence-corrected chi connectivity index (χ3v) is 3.37. The second kappa shape index (κ2) is 8.15. The van der Waals surface area contributed by atoms with Gasteiger partial charge in [0.15, 0.2) is 0 Å². The highest BCUT2D eigenvalue weighted by molar-refractivity contribution is 6.13. The third kappa shape index (κ3) is 4.38. The van der Waals surface area contributed by atoms with Crippen LogP contribution in [-0.4, -0.2) is 31.9 Å². The molecule has 0 unspecified atom stereocenters. The summed E-state index contributed by atoms with van der Waals surface area (Å²) in [7, 11) is 2.91. The van der Waals surface area contributed by atoms with Crippen LogP contribution in [0.3, 0.4) is 0 Å². The fourth-order valence-corrected chi connectivity index (χ4v) is 2.26. The molecule has 0 atom stereocenters. The number of esters is 2. The van der Waals surface area contributed by atoms with Gasteiger partial charge >= 0.3 is 11.9 Å². The molecule has 2 aromatic rings. The van der Waals surface area contributed by atoms with E-state index in [1.807, 2.05) is 0 Å². The fraction of sp³-hybridized carbons (Fsp3) is 0.211. The van der Waals surface area contributed by atoms with Crippen molar-refractivity contribution >= 4 is 17.7 Å². The van der Waals surface area contributed by atoms with Crippen molar-refractivity contribution in [3.8, 4) is 23.0 Å². The van der Waals surface area contributed by atoms with Crippen LogP contribution < -0.4 is 18.9 Å². The molecule has 7 nitrogen and oxygen atoms in total. The van der Waals surface area contributed by atoms with E-state index in [0.29, 0.717) is 11.5 Å². The van der Waals surface area contributed by atoms with Crippen molar-refractivity contribution in [1.82, 2.24) is 0 Å². The normalized spacial score (nSPS) is 10.0. The van der Waals surface area contributed by atoms with Crippen molar-refractivity contribution < 1.29 is 33.3 Å². The summed E-state index contributed by atoms with van der Waals surface area (Å²) in [5, 5.41) is 0. The summed E-state index contributed by atoms with van der Waals surface area (Å²) in [6, 6.07) is 8.94. The molecule has 0 aliphatic carbocycles. The second-order valence-corrected chi connectivity index (χ2v) is 5.24. The van der Waals surface area contributed by atoms with Crippen LogP contribution in [0.25, 0.3) is 0 Å². The molecular formula is C19H18O7. The Morgan fingerprint density at radius 3 is 1.38 bits per heavy atom. The summed E-state index contributed by atoms with van der Waals surface area (Å²) in [5.74, 6) is -0.703. The van der Waals surface area contributed by atoms with Crippen LogP contribution in [-0.2, 0) is 9.59 Å². The van der Waals surface area contributed by atoms with Crippen LogP contribution in [0, 0.1) is 0 Å². The number of carbonyl (C=O) groups is 3. The number of hydrogen-bond acceptors (Lipinski definition) is 7. The van der Waals surface area contributed by atoms with Gasteiger partial charge in [0.05, 0.1) is 25.3 Å². The van der Waals surface area contributed by atoms with Crippen molar-refractivity contribution in [1.29, 1.82) is 0 Å². The molecule has 0 aliphatic rings. The smallest absolute Gasteiger partial charge is 0.308 e. The predicted octanol–water partition coefficient (Wildman–Crippen LogP) is 2.79. The highest BCUT2D eigenvalue weighted by atomic mass is 16.5. The van der Waals surface area contributed by atoms with E-state index in [2.05, 4.69) is 0 Å². The molecule has 0 aliphatic heterocycles. The molecule has 0 fully saturated rings. The van der Waals surface area contributed by atoms with Gasteiger partial charge in [0, 0.05) is 26.0 Å². The summed E-state index contributed by atoms with van der Waals surface area (Å²) in [4.78, 5) is 35.7. The van der Waals surface area contributed by atoms with Crippen molar-refractivity contribution in [2.75, 3.05) is 14.2 Å². The molecule has 0 amide bonds. The first-order valence-electron chi connectivity index (χ1n) is 7.63. The van der Waals surface area contributed by atoms with Crippen LogP contribution in [0.15, 0.2) is 36.4 Å². The van der Waals surface area contributed by atoms with E-state index in [1.165, 1.54) is 52.3 Å². The number of ketones is 1. The van der Waals surface area contributed by atoms with E-state index in [4.69, 9.17) is 18.9 Å². The summed E-state index contributed by atoms with van der Waals surface area (Å²) >= 11 is 0. The molecule has 0 aromatic heterocycles. The van der Waals surface area contributed by atoms with Gasteiger partial charge in [-0.15, -0.1) is 0 Å². The first kappa shape index (κ1) is 19.0. The van der Waals surface area contributed by atoms with Gasteiger partial charge in [-0.05, 0) is 24.3 Å². The molecule has 26 heavy (non-hydrogen) atoms. The van der Waals surface area contributed by atoms with Crippen LogP contribution >= 0.6 is 0 Å². The SMILES string of the molecule is COc1ccc(C(=O)c2ccc(OC)cc2OC(C)=O)c(OC(C)=O)c1. The van der Waals surface area contributed by atoms with E-state index >= 15 is 0 Å². The highest BCUT2D eigenvalue weighted by Gasteiger charge is 2.22. The molecule has 2 rings (SSSR count).